The summed E-state index contributed by atoms with van der Waals surface area (Å²) in [5.41, 5.74) is 4.93. The number of para-hydroxylation sites is 2. The molecule has 31 heavy (non-hydrogen) atoms. The van der Waals surface area contributed by atoms with E-state index in [1.54, 1.807) is 35.7 Å². The monoisotopic (exact) mass is 459 g/mol. The van der Waals surface area contributed by atoms with Crippen LogP contribution >= 0.6 is 11.3 Å². The molecule has 3 N–H and O–H groups in total. The molecule has 0 atom stereocenters. The minimum atomic E-state index is -3.84. The number of hydrogen-bond acceptors (Lipinski definition) is 7. The van der Waals surface area contributed by atoms with Gasteiger partial charge in [-0.25, -0.2) is 8.42 Å². The lowest BCUT2D eigenvalue weighted by Crippen LogP contribution is -2.42. The van der Waals surface area contributed by atoms with Crippen LogP contribution in [0.5, 0.6) is 11.5 Å². The lowest BCUT2D eigenvalue weighted by atomic mass is 10.1. The van der Waals surface area contributed by atoms with Crippen molar-refractivity contribution in [2.24, 2.45) is 0 Å². The Labute approximate surface area is 182 Å². The molecule has 1 aliphatic heterocycles. The lowest BCUT2D eigenvalue weighted by molar-refractivity contribution is 0.0841. The standard InChI is InChI=1S/C20H17N3O6S2/c24-19(21-22-20(25)14-6-3-8-16-18(14)29-11-10-28-16)13-5-1-2-7-15(13)23-31(26,27)17-9-4-12-30-17/h1-9,12,23H,10-11H2,(H,21,24)(H,22,25). The van der Waals surface area contributed by atoms with Crippen LogP contribution in [-0.4, -0.2) is 33.4 Å². The average Bonchev–Trinajstić information content (AvgIpc) is 3.33. The number of carbonyl (C=O) groups excluding carboxylic acids is 2. The van der Waals surface area contributed by atoms with Crippen LogP contribution in [0.25, 0.3) is 0 Å². The minimum Gasteiger partial charge on any atom is -0.486 e. The fourth-order valence-corrected chi connectivity index (χ4v) is 4.95. The maximum absolute atomic E-state index is 12.6. The molecule has 0 fully saturated rings. The van der Waals surface area contributed by atoms with Crippen molar-refractivity contribution in [3.8, 4) is 11.5 Å². The first-order chi connectivity index (χ1) is 15.0. The van der Waals surface area contributed by atoms with Crippen LogP contribution in [-0.2, 0) is 10.0 Å². The zero-order valence-corrected chi connectivity index (χ0v) is 17.6. The molecule has 0 spiro atoms. The second-order valence-corrected chi connectivity index (χ2v) is 9.18. The van der Waals surface area contributed by atoms with Crippen molar-refractivity contribution < 1.29 is 27.5 Å². The van der Waals surface area contributed by atoms with E-state index in [0.29, 0.717) is 24.7 Å². The highest BCUT2D eigenvalue weighted by Crippen LogP contribution is 2.33. The molecular weight excluding hydrogens is 442 g/mol. The zero-order valence-electron chi connectivity index (χ0n) is 16.0. The van der Waals surface area contributed by atoms with Crippen LogP contribution in [0, 0.1) is 0 Å². The second kappa shape index (κ2) is 8.66. The molecule has 1 aromatic heterocycles. The van der Waals surface area contributed by atoms with E-state index >= 15 is 0 Å². The van der Waals surface area contributed by atoms with Gasteiger partial charge in [0.2, 0.25) is 0 Å². The summed E-state index contributed by atoms with van der Waals surface area (Å²) in [5.74, 6) is -0.560. The molecule has 0 radical (unpaired) electrons. The Morgan fingerprint density at radius 2 is 1.55 bits per heavy atom. The van der Waals surface area contributed by atoms with Crippen molar-refractivity contribution >= 4 is 38.9 Å². The molecule has 4 rings (SSSR count). The van der Waals surface area contributed by atoms with Gasteiger partial charge in [0.15, 0.2) is 11.5 Å². The fourth-order valence-electron chi connectivity index (χ4n) is 2.88. The topological polar surface area (TPSA) is 123 Å². The Hall–Kier alpha value is -3.57. The van der Waals surface area contributed by atoms with E-state index in [2.05, 4.69) is 15.6 Å². The molecule has 1 aliphatic rings. The average molecular weight is 460 g/mol. The number of rotatable bonds is 5. The molecule has 2 heterocycles. The largest absolute Gasteiger partial charge is 0.486 e. The molecule has 2 amide bonds. The Kier molecular flexibility index (Phi) is 5.78. The summed E-state index contributed by atoms with van der Waals surface area (Å²) in [6.45, 7) is 0.689. The van der Waals surface area contributed by atoms with Crippen LogP contribution in [0.2, 0.25) is 0 Å². The molecule has 0 aliphatic carbocycles. The van der Waals surface area contributed by atoms with Gasteiger partial charge in [-0.3, -0.25) is 25.2 Å². The summed E-state index contributed by atoms with van der Waals surface area (Å²) in [6.07, 6.45) is 0. The molecule has 11 heteroatoms. The normalized spacial score (nSPS) is 12.6. The number of ether oxygens (including phenoxy) is 2. The second-order valence-electron chi connectivity index (χ2n) is 6.32. The predicted octanol–water partition coefficient (Wildman–Crippen LogP) is 2.39. The zero-order chi connectivity index (χ0) is 21.8. The number of nitrogens with one attached hydrogen (secondary N) is 3. The quantitative estimate of drug-likeness (QED) is 0.504. The van der Waals surface area contributed by atoms with Gasteiger partial charge >= 0.3 is 0 Å². The van der Waals surface area contributed by atoms with E-state index in [-0.39, 0.29) is 21.0 Å². The number of fused-ring (bicyclic) bond motifs is 1. The lowest BCUT2D eigenvalue weighted by Gasteiger charge is -2.20. The van der Waals surface area contributed by atoms with Crippen LogP contribution in [0.15, 0.2) is 64.2 Å². The number of hydrazine groups is 1. The van der Waals surface area contributed by atoms with E-state index in [0.717, 1.165) is 11.3 Å². The van der Waals surface area contributed by atoms with E-state index < -0.39 is 21.8 Å². The third kappa shape index (κ3) is 4.47. The Bertz CT molecular complexity index is 1230. The fraction of sp³-hybridized carbons (Fsp3) is 0.100. The Morgan fingerprint density at radius 3 is 2.32 bits per heavy atom. The molecule has 3 aromatic rings. The molecular formula is C20H17N3O6S2. The number of benzene rings is 2. The van der Waals surface area contributed by atoms with Crippen molar-refractivity contribution in [3.05, 3.63) is 71.1 Å². The summed E-state index contributed by atoms with van der Waals surface area (Å²) in [6, 6.07) is 14.0. The highest BCUT2D eigenvalue weighted by molar-refractivity contribution is 7.94. The van der Waals surface area contributed by atoms with E-state index in [1.165, 1.54) is 24.3 Å². The van der Waals surface area contributed by atoms with Crippen molar-refractivity contribution in [2.75, 3.05) is 17.9 Å². The molecule has 0 saturated carbocycles. The summed E-state index contributed by atoms with van der Waals surface area (Å²) in [5, 5.41) is 1.64. The molecule has 9 nitrogen and oxygen atoms in total. The summed E-state index contributed by atoms with van der Waals surface area (Å²) < 4.78 is 38.5. The maximum atomic E-state index is 12.6. The number of amides is 2. The van der Waals surface area contributed by atoms with Gasteiger partial charge in [0.1, 0.15) is 17.4 Å². The van der Waals surface area contributed by atoms with Crippen LogP contribution in [0.3, 0.4) is 0 Å². The van der Waals surface area contributed by atoms with Gasteiger partial charge in [0.05, 0.1) is 16.8 Å². The predicted molar refractivity (Wildman–Crippen MR) is 114 cm³/mol. The first-order valence-corrected chi connectivity index (χ1v) is 11.5. The molecule has 0 saturated heterocycles. The number of hydrogen-bond donors (Lipinski definition) is 3. The van der Waals surface area contributed by atoms with Crippen molar-refractivity contribution in [1.29, 1.82) is 0 Å². The Morgan fingerprint density at radius 1 is 0.839 bits per heavy atom. The molecule has 0 bridgehead atoms. The van der Waals surface area contributed by atoms with E-state index in [1.807, 2.05) is 0 Å². The third-order valence-electron chi connectivity index (χ3n) is 4.28. The highest BCUT2D eigenvalue weighted by Gasteiger charge is 2.22. The van der Waals surface area contributed by atoms with Crippen LogP contribution in [0.4, 0.5) is 5.69 Å². The van der Waals surface area contributed by atoms with Crippen LogP contribution < -0.4 is 25.0 Å². The summed E-state index contributed by atoms with van der Waals surface area (Å²) in [4.78, 5) is 25.2. The molecule has 160 valence electrons. The summed E-state index contributed by atoms with van der Waals surface area (Å²) >= 11 is 1.06. The first-order valence-electron chi connectivity index (χ1n) is 9.10. The Balaban J connectivity index is 1.48. The van der Waals surface area contributed by atoms with Gasteiger partial charge in [-0.2, -0.15) is 0 Å². The number of carbonyl (C=O) groups is 2. The van der Waals surface area contributed by atoms with Gasteiger partial charge < -0.3 is 9.47 Å². The van der Waals surface area contributed by atoms with Crippen molar-refractivity contribution in [1.82, 2.24) is 10.9 Å². The minimum absolute atomic E-state index is 0.0394. The van der Waals surface area contributed by atoms with E-state index in [4.69, 9.17) is 9.47 Å². The van der Waals surface area contributed by atoms with E-state index in [9.17, 15) is 18.0 Å². The van der Waals surface area contributed by atoms with Crippen LogP contribution in [0.1, 0.15) is 20.7 Å². The third-order valence-corrected chi connectivity index (χ3v) is 7.04. The molecule has 0 unspecified atom stereocenters. The first kappa shape index (κ1) is 20.7. The highest BCUT2D eigenvalue weighted by atomic mass is 32.2. The van der Waals surface area contributed by atoms with Gasteiger partial charge in [-0.05, 0) is 35.7 Å². The van der Waals surface area contributed by atoms with Gasteiger partial charge in [0.25, 0.3) is 21.8 Å². The molecule has 2 aromatic carbocycles. The van der Waals surface area contributed by atoms with Crippen molar-refractivity contribution in [2.45, 2.75) is 4.21 Å². The summed E-state index contributed by atoms with van der Waals surface area (Å²) in [7, 11) is -3.84. The SMILES string of the molecule is O=C(NNC(=O)c1cccc2c1OCCO2)c1ccccc1NS(=O)(=O)c1cccs1. The maximum Gasteiger partial charge on any atom is 0.273 e. The van der Waals surface area contributed by atoms with Gasteiger partial charge in [0, 0.05) is 0 Å². The van der Waals surface area contributed by atoms with Gasteiger partial charge in [-0.15, -0.1) is 11.3 Å². The number of thiophene rings is 1. The number of anilines is 1. The number of sulfonamides is 1. The van der Waals surface area contributed by atoms with Crippen molar-refractivity contribution in [3.63, 3.8) is 0 Å². The van der Waals surface area contributed by atoms with Gasteiger partial charge in [-0.1, -0.05) is 24.3 Å². The smallest absolute Gasteiger partial charge is 0.273 e.